The van der Waals surface area contributed by atoms with Crippen LogP contribution in [0, 0.1) is 11.3 Å². The van der Waals surface area contributed by atoms with Crippen LogP contribution in [-0.2, 0) is 6.42 Å². The molecule has 4 heteroatoms. The van der Waals surface area contributed by atoms with Crippen molar-refractivity contribution in [3.8, 4) is 6.07 Å². The Hall–Kier alpha value is -1.70. The van der Waals surface area contributed by atoms with Gasteiger partial charge < -0.3 is 5.32 Å². The zero-order valence-corrected chi connectivity index (χ0v) is 11.1. The molecule has 0 aliphatic rings. The van der Waals surface area contributed by atoms with Crippen molar-refractivity contribution < 1.29 is 0 Å². The van der Waals surface area contributed by atoms with Crippen LogP contribution in [0.1, 0.15) is 29.8 Å². The van der Waals surface area contributed by atoms with Crippen molar-refractivity contribution in [2.45, 2.75) is 19.4 Å². The molecule has 0 amide bonds. The summed E-state index contributed by atoms with van der Waals surface area (Å²) in [7, 11) is 0. The maximum atomic E-state index is 8.87. The van der Waals surface area contributed by atoms with Gasteiger partial charge in [0.25, 0.3) is 0 Å². The monoisotopic (exact) mass is 257 g/mol. The van der Waals surface area contributed by atoms with Crippen molar-refractivity contribution in [1.82, 2.24) is 10.3 Å². The molecule has 18 heavy (non-hydrogen) atoms. The largest absolute Gasteiger partial charge is 0.310 e. The number of nitrogens with zero attached hydrogens (tertiary/aromatic N) is 2. The second kappa shape index (κ2) is 6.29. The first-order valence-corrected chi connectivity index (χ1v) is 6.84. The molecular formula is C14H15N3S. The van der Waals surface area contributed by atoms with Crippen molar-refractivity contribution >= 4 is 11.3 Å². The quantitative estimate of drug-likeness (QED) is 0.896. The SMILES string of the molecule is CC(NCCc1cscn1)c1cccc(C#N)c1. The van der Waals surface area contributed by atoms with E-state index in [4.69, 9.17) is 5.26 Å². The number of aromatic nitrogens is 1. The van der Waals surface area contributed by atoms with Gasteiger partial charge in [0.15, 0.2) is 0 Å². The number of rotatable bonds is 5. The topological polar surface area (TPSA) is 48.7 Å². The number of benzene rings is 1. The molecule has 0 saturated heterocycles. The highest BCUT2D eigenvalue weighted by molar-refractivity contribution is 7.07. The molecule has 2 rings (SSSR count). The molecule has 1 aromatic carbocycles. The molecule has 0 fully saturated rings. The highest BCUT2D eigenvalue weighted by Crippen LogP contribution is 2.13. The first-order valence-electron chi connectivity index (χ1n) is 5.90. The van der Waals surface area contributed by atoms with Gasteiger partial charge in [-0.05, 0) is 24.6 Å². The molecule has 1 unspecified atom stereocenters. The second-order valence-electron chi connectivity index (χ2n) is 4.14. The zero-order valence-electron chi connectivity index (χ0n) is 10.3. The van der Waals surface area contributed by atoms with Gasteiger partial charge in [0.05, 0.1) is 22.8 Å². The van der Waals surface area contributed by atoms with Crippen molar-refractivity contribution in [3.63, 3.8) is 0 Å². The van der Waals surface area contributed by atoms with E-state index in [2.05, 4.69) is 28.7 Å². The van der Waals surface area contributed by atoms with Gasteiger partial charge in [-0.15, -0.1) is 11.3 Å². The van der Waals surface area contributed by atoms with Crippen LogP contribution < -0.4 is 5.32 Å². The Balaban J connectivity index is 1.87. The van der Waals surface area contributed by atoms with Gasteiger partial charge in [0, 0.05) is 24.4 Å². The van der Waals surface area contributed by atoms with Crippen LogP contribution in [0.2, 0.25) is 0 Å². The van der Waals surface area contributed by atoms with Crippen LogP contribution >= 0.6 is 11.3 Å². The minimum absolute atomic E-state index is 0.247. The van der Waals surface area contributed by atoms with E-state index in [1.807, 2.05) is 29.8 Å². The first-order chi connectivity index (χ1) is 8.79. The Morgan fingerprint density at radius 3 is 3.11 bits per heavy atom. The van der Waals surface area contributed by atoms with Crippen molar-refractivity contribution in [1.29, 1.82) is 5.26 Å². The van der Waals surface area contributed by atoms with E-state index in [9.17, 15) is 0 Å². The van der Waals surface area contributed by atoms with Crippen LogP contribution in [-0.4, -0.2) is 11.5 Å². The molecule has 0 bridgehead atoms. The van der Waals surface area contributed by atoms with Gasteiger partial charge in [-0.1, -0.05) is 12.1 Å². The lowest BCUT2D eigenvalue weighted by Crippen LogP contribution is -2.21. The molecule has 1 atom stereocenters. The van der Waals surface area contributed by atoms with E-state index >= 15 is 0 Å². The minimum atomic E-state index is 0.247. The smallest absolute Gasteiger partial charge is 0.0991 e. The standard InChI is InChI=1S/C14H15N3S/c1-11(13-4-2-3-12(7-13)8-15)16-6-5-14-9-18-10-17-14/h2-4,7,9-11,16H,5-6H2,1H3. The summed E-state index contributed by atoms with van der Waals surface area (Å²) in [6.45, 7) is 3.00. The van der Waals surface area contributed by atoms with Gasteiger partial charge in [-0.2, -0.15) is 5.26 Å². The predicted octanol–water partition coefficient (Wildman–Crippen LogP) is 2.91. The van der Waals surface area contributed by atoms with Gasteiger partial charge in [0.1, 0.15) is 0 Å². The summed E-state index contributed by atoms with van der Waals surface area (Å²) < 4.78 is 0. The Morgan fingerprint density at radius 2 is 2.39 bits per heavy atom. The van der Waals surface area contributed by atoms with Gasteiger partial charge in [-0.25, -0.2) is 4.98 Å². The van der Waals surface area contributed by atoms with E-state index in [-0.39, 0.29) is 6.04 Å². The van der Waals surface area contributed by atoms with Crippen molar-refractivity contribution in [3.05, 3.63) is 52.0 Å². The Morgan fingerprint density at radius 1 is 1.50 bits per heavy atom. The summed E-state index contributed by atoms with van der Waals surface area (Å²) in [5.74, 6) is 0. The number of hydrogen-bond donors (Lipinski definition) is 1. The maximum absolute atomic E-state index is 8.87. The third-order valence-corrected chi connectivity index (χ3v) is 3.47. The van der Waals surface area contributed by atoms with Gasteiger partial charge in [-0.3, -0.25) is 0 Å². The van der Waals surface area contributed by atoms with E-state index in [0.29, 0.717) is 5.56 Å². The van der Waals surface area contributed by atoms with Crippen LogP contribution in [0.3, 0.4) is 0 Å². The van der Waals surface area contributed by atoms with Crippen molar-refractivity contribution in [2.75, 3.05) is 6.54 Å². The number of nitrogens with one attached hydrogen (secondary N) is 1. The minimum Gasteiger partial charge on any atom is -0.310 e. The van der Waals surface area contributed by atoms with E-state index in [0.717, 1.165) is 24.2 Å². The van der Waals surface area contributed by atoms with Crippen LogP contribution in [0.5, 0.6) is 0 Å². The molecule has 92 valence electrons. The fourth-order valence-corrected chi connectivity index (χ4v) is 2.37. The molecular weight excluding hydrogens is 242 g/mol. The summed E-state index contributed by atoms with van der Waals surface area (Å²) in [6, 6.07) is 10.1. The molecule has 1 N–H and O–H groups in total. The highest BCUT2D eigenvalue weighted by Gasteiger charge is 2.05. The average Bonchev–Trinajstić information content (AvgIpc) is 2.92. The van der Waals surface area contributed by atoms with Gasteiger partial charge >= 0.3 is 0 Å². The summed E-state index contributed by atoms with van der Waals surface area (Å²) >= 11 is 1.62. The number of hydrogen-bond acceptors (Lipinski definition) is 4. The summed E-state index contributed by atoms with van der Waals surface area (Å²) in [5.41, 5.74) is 4.84. The molecule has 1 aromatic heterocycles. The third kappa shape index (κ3) is 3.39. The molecule has 0 radical (unpaired) electrons. The normalized spacial score (nSPS) is 12.0. The first kappa shape index (κ1) is 12.7. The Bertz CT molecular complexity index is 528. The molecule has 1 heterocycles. The maximum Gasteiger partial charge on any atom is 0.0991 e. The van der Waals surface area contributed by atoms with E-state index in [1.165, 1.54) is 0 Å². The average molecular weight is 257 g/mol. The summed E-state index contributed by atoms with van der Waals surface area (Å²) in [4.78, 5) is 4.25. The van der Waals surface area contributed by atoms with E-state index < -0.39 is 0 Å². The lowest BCUT2D eigenvalue weighted by atomic mass is 10.1. The van der Waals surface area contributed by atoms with E-state index in [1.54, 1.807) is 11.3 Å². The van der Waals surface area contributed by atoms with Crippen LogP contribution in [0.25, 0.3) is 0 Å². The molecule has 0 aliphatic heterocycles. The fraction of sp³-hybridized carbons (Fsp3) is 0.286. The lowest BCUT2D eigenvalue weighted by Gasteiger charge is -2.13. The molecule has 0 saturated carbocycles. The molecule has 0 spiro atoms. The zero-order chi connectivity index (χ0) is 12.8. The number of nitriles is 1. The Labute approximate surface area is 111 Å². The number of thiazole rings is 1. The molecule has 0 aliphatic carbocycles. The second-order valence-corrected chi connectivity index (χ2v) is 4.86. The summed E-state index contributed by atoms with van der Waals surface area (Å²) in [6.07, 6.45) is 0.936. The predicted molar refractivity (Wildman–Crippen MR) is 73.4 cm³/mol. The van der Waals surface area contributed by atoms with Crippen LogP contribution in [0.15, 0.2) is 35.2 Å². The van der Waals surface area contributed by atoms with Crippen molar-refractivity contribution in [2.24, 2.45) is 0 Å². The van der Waals surface area contributed by atoms with Gasteiger partial charge in [0.2, 0.25) is 0 Å². The van der Waals surface area contributed by atoms with Crippen LogP contribution in [0.4, 0.5) is 0 Å². The highest BCUT2D eigenvalue weighted by atomic mass is 32.1. The summed E-state index contributed by atoms with van der Waals surface area (Å²) in [5, 5.41) is 14.4. The molecule has 2 aromatic rings. The lowest BCUT2D eigenvalue weighted by molar-refractivity contribution is 0.574. The fourth-order valence-electron chi connectivity index (χ4n) is 1.77. The Kier molecular flexibility index (Phi) is 4.46. The molecule has 3 nitrogen and oxygen atoms in total. The third-order valence-electron chi connectivity index (χ3n) is 2.83.